The van der Waals surface area contributed by atoms with Crippen LogP contribution in [-0.4, -0.2) is 46.8 Å². The van der Waals surface area contributed by atoms with Gasteiger partial charge in [-0.1, -0.05) is 12.1 Å². The van der Waals surface area contributed by atoms with Gasteiger partial charge in [-0.25, -0.2) is 0 Å². The SMILES string of the molecule is COc1ccc(Cn2cc(C(=O)N3CC[C@H](N)C3)cn2)cc1. The number of carbonyl (C=O) groups excluding carboxylic acids is 1. The predicted octanol–water partition coefficient (Wildman–Crippen LogP) is 1.11. The molecule has 2 aromatic rings. The van der Waals surface area contributed by atoms with Crippen molar-refractivity contribution in [2.24, 2.45) is 5.73 Å². The molecule has 1 aliphatic rings. The van der Waals surface area contributed by atoms with Crippen molar-refractivity contribution in [3.8, 4) is 5.75 Å². The summed E-state index contributed by atoms with van der Waals surface area (Å²) in [6, 6.07) is 7.90. The Balaban J connectivity index is 1.66. The number of carbonyl (C=O) groups is 1. The van der Waals surface area contributed by atoms with Gasteiger partial charge in [-0.2, -0.15) is 5.10 Å². The van der Waals surface area contributed by atoms with Crippen LogP contribution in [0.25, 0.3) is 0 Å². The summed E-state index contributed by atoms with van der Waals surface area (Å²) in [6.45, 7) is 1.98. The molecule has 0 spiro atoms. The molecule has 0 saturated carbocycles. The molecule has 2 heterocycles. The number of rotatable bonds is 4. The number of methoxy groups -OCH3 is 1. The maximum Gasteiger partial charge on any atom is 0.257 e. The number of ether oxygens (including phenoxy) is 1. The highest BCUT2D eigenvalue weighted by Gasteiger charge is 2.25. The highest BCUT2D eigenvalue weighted by molar-refractivity contribution is 5.93. The second-order valence-electron chi connectivity index (χ2n) is 5.57. The average molecular weight is 300 g/mol. The topological polar surface area (TPSA) is 73.4 Å². The van der Waals surface area contributed by atoms with Crippen molar-refractivity contribution in [3.63, 3.8) is 0 Å². The molecular formula is C16H20N4O2. The Bertz CT molecular complexity index is 650. The predicted molar refractivity (Wildman–Crippen MR) is 82.8 cm³/mol. The molecule has 22 heavy (non-hydrogen) atoms. The lowest BCUT2D eigenvalue weighted by atomic mass is 10.2. The lowest BCUT2D eigenvalue weighted by Gasteiger charge is -2.14. The van der Waals surface area contributed by atoms with E-state index in [9.17, 15) is 4.79 Å². The van der Waals surface area contributed by atoms with Crippen LogP contribution in [0.2, 0.25) is 0 Å². The largest absolute Gasteiger partial charge is 0.497 e. The van der Waals surface area contributed by atoms with E-state index in [2.05, 4.69) is 5.10 Å². The molecule has 2 N–H and O–H groups in total. The van der Waals surface area contributed by atoms with E-state index in [4.69, 9.17) is 10.5 Å². The molecule has 0 radical (unpaired) electrons. The van der Waals surface area contributed by atoms with Gasteiger partial charge in [0.05, 0.1) is 25.4 Å². The van der Waals surface area contributed by atoms with E-state index in [0.29, 0.717) is 18.7 Å². The van der Waals surface area contributed by atoms with Crippen molar-refractivity contribution in [1.29, 1.82) is 0 Å². The van der Waals surface area contributed by atoms with Gasteiger partial charge >= 0.3 is 0 Å². The van der Waals surface area contributed by atoms with Crippen LogP contribution in [-0.2, 0) is 6.54 Å². The number of nitrogens with zero attached hydrogens (tertiary/aromatic N) is 3. The first-order valence-corrected chi connectivity index (χ1v) is 7.36. The molecule has 1 atom stereocenters. The van der Waals surface area contributed by atoms with Crippen molar-refractivity contribution in [3.05, 3.63) is 47.8 Å². The number of aromatic nitrogens is 2. The summed E-state index contributed by atoms with van der Waals surface area (Å²) in [5, 5.41) is 4.27. The molecule has 6 nitrogen and oxygen atoms in total. The van der Waals surface area contributed by atoms with Crippen LogP contribution in [0.5, 0.6) is 5.75 Å². The van der Waals surface area contributed by atoms with Crippen LogP contribution in [0.1, 0.15) is 22.3 Å². The smallest absolute Gasteiger partial charge is 0.257 e. The summed E-state index contributed by atoms with van der Waals surface area (Å²) in [7, 11) is 1.64. The van der Waals surface area contributed by atoms with Crippen LogP contribution >= 0.6 is 0 Å². The zero-order valence-corrected chi connectivity index (χ0v) is 12.6. The fourth-order valence-electron chi connectivity index (χ4n) is 2.63. The van der Waals surface area contributed by atoms with Gasteiger partial charge in [0.2, 0.25) is 0 Å². The fourth-order valence-corrected chi connectivity index (χ4v) is 2.63. The van der Waals surface area contributed by atoms with Gasteiger partial charge in [0.25, 0.3) is 5.91 Å². The van der Waals surface area contributed by atoms with E-state index in [1.54, 1.807) is 29.1 Å². The van der Waals surface area contributed by atoms with Crippen molar-refractivity contribution in [1.82, 2.24) is 14.7 Å². The minimum absolute atomic E-state index is 0.00827. The van der Waals surface area contributed by atoms with Crippen molar-refractivity contribution < 1.29 is 9.53 Å². The maximum absolute atomic E-state index is 12.3. The van der Waals surface area contributed by atoms with Gasteiger partial charge in [0.15, 0.2) is 0 Å². The number of likely N-dealkylation sites (tertiary alicyclic amines) is 1. The lowest BCUT2D eigenvalue weighted by molar-refractivity contribution is 0.0791. The van der Waals surface area contributed by atoms with Gasteiger partial charge < -0.3 is 15.4 Å². The molecule has 0 bridgehead atoms. The second kappa shape index (κ2) is 6.19. The third-order valence-corrected chi connectivity index (χ3v) is 3.90. The molecule has 0 unspecified atom stereocenters. The van der Waals surface area contributed by atoms with Crippen molar-refractivity contribution in [2.75, 3.05) is 20.2 Å². The Morgan fingerprint density at radius 1 is 1.41 bits per heavy atom. The van der Waals surface area contributed by atoms with E-state index in [1.165, 1.54) is 0 Å². The summed E-state index contributed by atoms with van der Waals surface area (Å²) in [5.41, 5.74) is 7.56. The summed E-state index contributed by atoms with van der Waals surface area (Å²) >= 11 is 0. The Morgan fingerprint density at radius 2 is 2.18 bits per heavy atom. The molecule has 1 aliphatic heterocycles. The second-order valence-corrected chi connectivity index (χ2v) is 5.57. The molecule has 116 valence electrons. The number of nitrogens with two attached hydrogens (primary N) is 1. The van der Waals surface area contributed by atoms with Crippen molar-refractivity contribution in [2.45, 2.75) is 19.0 Å². The van der Waals surface area contributed by atoms with Crippen LogP contribution in [0.3, 0.4) is 0 Å². The standard InChI is InChI=1S/C16H20N4O2/c1-22-15-4-2-12(3-5-15)9-20-10-13(8-18-20)16(21)19-7-6-14(17)11-19/h2-5,8,10,14H,6-7,9,11,17H2,1H3/t14-/m0/s1. The summed E-state index contributed by atoms with van der Waals surface area (Å²) < 4.78 is 6.91. The summed E-state index contributed by atoms with van der Waals surface area (Å²) in [6.07, 6.45) is 4.28. The average Bonchev–Trinajstić information content (AvgIpc) is 3.16. The molecule has 6 heteroatoms. The minimum atomic E-state index is 0.00827. The highest BCUT2D eigenvalue weighted by atomic mass is 16.5. The zero-order chi connectivity index (χ0) is 15.5. The molecule has 1 fully saturated rings. The Kier molecular flexibility index (Phi) is 4.11. The minimum Gasteiger partial charge on any atom is -0.497 e. The first-order chi connectivity index (χ1) is 10.7. The number of hydrogen-bond donors (Lipinski definition) is 1. The molecule has 0 aliphatic carbocycles. The highest BCUT2D eigenvalue weighted by Crippen LogP contribution is 2.14. The Hall–Kier alpha value is -2.34. The molecule has 1 aromatic carbocycles. The monoisotopic (exact) mass is 300 g/mol. The number of benzene rings is 1. The summed E-state index contributed by atoms with van der Waals surface area (Å²) in [4.78, 5) is 14.1. The number of amides is 1. The van der Waals surface area contributed by atoms with E-state index >= 15 is 0 Å². The van der Waals surface area contributed by atoms with Gasteiger partial charge in [0.1, 0.15) is 5.75 Å². The summed E-state index contributed by atoms with van der Waals surface area (Å²) in [5.74, 6) is 0.833. The molecule has 1 amide bonds. The third-order valence-electron chi connectivity index (χ3n) is 3.90. The third kappa shape index (κ3) is 3.12. The molecule has 3 rings (SSSR count). The first-order valence-electron chi connectivity index (χ1n) is 7.36. The van der Waals surface area contributed by atoms with Gasteiger partial charge in [0, 0.05) is 25.3 Å². The van der Waals surface area contributed by atoms with E-state index < -0.39 is 0 Å². The fraction of sp³-hybridized carbons (Fsp3) is 0.375. The van der Waals surface area contributed by atoms with Crippen molar-refractivity contribution >= 4 is 5.91 Å². The van der Waals surface area contributed by atoms with Crippen LogP contribution in [0.4, 0.5) is 0 Å². The van der Waals surface area contributed by atoms with E-state index in [0.717, 1.165) is 24.3 Å². The van der Waals surface area contributed by atoms with Gasteiger partial charge in [-0.3, -0.25) is 9.48 Å². The Labute approximate surface area is 129 Å². The van der Waals surface area contributed by atoms with E-state index in [1.807, 2.05) is 24.3 Å². The quantitative estimate of drug-likeness (QED) is 0.918. The molecular weight excluding hydrogens is 280 g/mol. The maximum atomic E-state index is 12.3. The number of hydrogen-bond acceptors (Lipinski definition) is 4. The van der Waals surface area contributed by atoms with Gasteiger partial charge in [-0.05, 0) is 24.1 Å². The normalized spacial score (nSPS) is 17.7. The first kappa shape index (κ1) is 14.6. The Morgan fingerprint density at radius 3 is 2.82 bits per heavy atom. The van der Waals surface area contributed by atoms with Crippen LogP contribution < -0.4 is 10.5 Å². The van der Waals surface area contributed by atoms with Gasteiger partial charge in [-0.15, -0.1) is 0 Å². The van der Waals surface area contributed by atoms with Crippen LogP contribution in [0.15, 0.2) is 36.7 Å². The lowest BCUT2D eigenvalue weighted by Crippen LogP contribution is -2.31. The molecule has 1 saturated heterocycles. The zero-order valence-electron chi connectivity index (χ0n) is 12.6. The van der Waals surface area contributed by atoms with Crippen LogP contribution in [0, 0.1) is 0 Å². The molecule has 1 aromatic heterocycles. The van der Waals surface area contributed by atoms with E-state index in [-0.39, 0.29) is 11.9 Å².